The van der Waals surface area contributed by atoms with Crippen molar-refractivity contribution in [3.8, 4) is 5.75 Å². The van der Waals surface area contributed by atoms with Crippen LogP contribution in [0.1, 0.15) is 36.8 Å². The van der Waals surface area contributed by atoms with Crippen LogP contribution in [-0.4, -0.2) is 94.2 Å². The van der Waals surface area contributed by atoms with Crippen molar-refractivity contribution in [1.82, 2.24) is 4.90 Å². The number of aliphatic hydroxyl groups is 3. The quantitative estimate of drug-likeness (QED) is 0.274. The Bertz CT molecular complexity index is 1330. The fourth-order valence-corrected chi connectivity index (χ4v) is 6.45. The van der Waals surface area contributed by atoms with Crippen LogP contribution in [-0.2, 0) is 25.6 Å². The lowest BCUT2D eigenvalue weighted by atomic mass is 9.57. The smallest absolute Gasteiger partial charge is 0.202 e. The average molecular weight is 561 g/mol. The van der Waals surface area contributed by atoms with E-state index in [2.05, 4.69) is 0 Å². The lowest BCUT2D eigenvalue weighted by Crippen LogP contribution is -2.65. The molecule has 1 fully saturated rings. The highest BCUT2D eigenvalue weighted by Gasteiger charge is 2.64. The first kappa shape index (κ1) is 28.8. The van der Waals surface area contributed by atoms with E-state index in [1.165, 1.54) is 11.0 Å². The Morgan fingerprint density at radius 2 is 1.74 bits per heavy atom. The van der Waals surface area contributed by atoms with Crippen LogP contribution in [0.4, 0.5) is 5.69 Å². The number of carbonyl (C=O) groups is 4. The molecule has 0 amide bonds. The molecule has 0 radical (unpaired) electrons. The number of rotatable bonds is 8. The minimum absolute atomic E-state index is 0.000677. The van der Waals surface area contributed by atoms with Gasteiger partial charge < -0.3 is 25.3 Å². The van der Waals surface area contributed by atoms with E-state index in [4.69, 9.17) is 11.6 Å². The molecule has 1 aromatic rings. The molecule has 1 aromatic carbocycles. The highest BCUT2D eigenvalue weighted by atomic mass is 35.5. The molecular weight excluding hydrogens is 528 g/mol. The zero-order valence-corrected chi connectivity index (χ0v) is 23.1. The lowest BCUT2D eigenvalue weighted by molar-refractivity contribution is -0.153. The first-order chi connectivity index (χ1) is 18.3. The second kappa shape index (κ2) is 10.4. The molecule has 3 aliphatic rings. The number of Topliss-reactive ketones (excluding diaryl/α,β-unsaturated/α-hetero) is 4. The van der Waals surface area contributed by atoms with Crippen molar-refractivity contribution in [2.45, 2.75) is 43.7 Å². The topological polar surface area (TPSA) is 156 Å². The number of hydrogen-bond donors (Lipinski definition) is 4. The van der Waals surface area contributed by atoms with Crippen LogP contribution in [0.15, 0.2) is 29.0 Å². The standard InChI is InChI=1S/C28H33ClN2O8/c1-30(2)17-8-9-19(34)21-15(17)10-13-11-16-23(31(3)4)25(36)22(18(33)7-5-6-14(32)12-29)27(38)28(16,39)26(37)20(13)24(21)35/h8-9,13,16,23,34-35,38-39H,5-7,10-12H2,1-4H3. The minimum Gasteiger partial charge on any atom is -0.508 e. The van der Waals surface area contributed by atoms with Gasteiger partial charge in [-0.3, -0.25) is 24.1 Å². The van der Waals surface area contributed by atoms with Gasteiger partial charge in [-0.25, -0.2) is 0 Å². The second-order valence-corrected chi connectivity index (χ2v) is 11.2. The van der Waals surface area contributed by atoms with Crippen LogP contribution in [0.25, 0.3) is 5.76 Å². The first-order valence-electron chi connectivity index (χ1n) is 12.7. The summed E-state index contributed by atoms with van der Waals surface area (Å²) in [6, 6.07) is 1.99. The molecule has 0 aliphatic heterocycles. The van der Waals surface area contributed by atoms with Gasteiger partial charge in [-0.15, -0.1) is 11.6 Å². The molecule has 3 aliphatic carbocycles. The molecular formula is C28H33ClN2O8. The number of phenols is 1. The molecule has 0 bridgehead atoms. The van der Waals surface area contributed by atoms with E-state index in [0.29, 0.717) is 5.56 Å². The van der Waals surface area contributed by atoms with Gasteiger partial charge in [0.2, 0.25) is 5.78 Å². The number of halogens is 1. The van der Waals surface area contributed by atoms with E-state index < -0.39 is 57.9 Å². The van der Waals surface area contributed by atoms with Crippen LogP contribution < -0.4 is 4.90 Å². The number of likely N-dealkylation sites (N-methyl/N-ethyl adjacent to an activating group) is 1. The molecule has 39 heavy (non-hydrogen) atoms. The number of ketones is 4. The van der Waals surface area contributed by atoms with Gasteiger partial charge in [0.25, 0.3) is 0 Å². The van der Waals surface area contributed by atoms with Crippen molar-refractivity contribution >= 4 is 46.2 Å². The molecule has 4 unspecified atom stereocenters. The second-order valence-electron chi connectivity index (χ2n) is 10.9. The van der Waals surface area contributed by atoms with E-state index >= 15 is 0 Å². The SMILES string of the molecule is CN(C)c1ccc(O)c2c1CC1CC3C(N(C)C)C(=O)C(C(=O)CCCC(=O)CCl)=C(O)C3(O)C(=O)C1=C2O. The van der Waals surface area contributed by atoms with Gasteiger partial charge in [0.15, 0.2) is 17.2 Å². The Kier molecular flexibility index (Phi) is 7.68. The lowest BCUT2D eigenvalue weighted by Gasteiger charge is -2.50. The fraction of sp³-hybridized carbons (Fsp3) is 0.500. The summed E-state index contributed by atoms with van der Waals surface area (Å²) in [5.74, 6) is -6.52. The molecule has 0 aromatic heterocycles. The summed E-state index contributed by atoms with van der Waals surface area (Å²) in [6.45, 7) is 0. The van der Waals surface area contributed by atoms with E-state index in [-0.39, 0.29) is 60.7 Å². The number of nitrogens with zero attached hydrogens (tertiary/aromatic N) is 2. The Morgan fingerprint density at radius 3 is 2.33 bits per heavy atom. The third kappa shape index (κ3) is 4.44. The number of alkyl halides is 1. The molecule has 4 rings (SSSR count). The van der Waals surface area contributed by atoms with Gasteiger partial charge in [-0.05, 0) is 57.0 Å². The molecule has 11 heteroatoms. The molecule has 10 nitrogen and oxygen atoms in total. The maximum absolute atomic E-state index is 14.0. The fourth-order valence-electron chi connectivity index (χ4n) is 6.32. The van der Waals surface area contributed by atoms with E-state index in [0.717, 1.165) is 5.69 Å². The van der Waals surface area contributed by atoms with Crippen molar-refractivity contribution in [2.24, 2.45) is 11.8 Å². The average Bonchev–Trinajstić information content (AvgIpc) is 2.85. The van der Waals surface area contributed by atoms with Crippen molar-refractivity contribution < 1.29 is 39.6 Å². The summed E-state index contributed by atoms with van der Waals surface area (Å²) < 4.78 is 0. The monoisotopic (exact) mass is 560 g/mol. The maximum Gasteiger partial charge on any atom is 0.202 e. The summed E-state index contributed by atoms with van der Waals surface area (Å²) in [6.07, 6.45) is 0.103. The largest absolute Gasteiger partial charge is 0.508 e. The Balaban J connectivity index is 1.86. The van der Waals surface area contributed by atoms with Gasteiger partial charge in [0.1, 0.15) is 28.6 Å². The summed E-state index contributed by atoms with van der Waals surface area (Å²) >= 11 is 5.50. The third-order valence-electron chi connectivity index (χ3n) is 8.10. The third-order valence-corrected chi connectivity index (χ3v) is 8.40. The Hall–Kier alpha value is -3.21. The summed E-state index contributed by atoms with van der Waals surface area (Å²) in [4.78, 5) is 55.6. The number of fused-ring (bicyclic) bond motifs is 3. The first-order valence-corrected chi connectivity index (χ1v) is 13.3. The Morgan fingerprint density at radius 1 is 1.08 bits per heavy atom. The highest BCUT2D eigenvalue weighted by Crippen LogP contribution is 2.53. The number of benzene rings is 1. The zero-order valence-electron chi connectivity index (χ0n) is 22.3. The molecule has 0 spiro atoms. The van der Waals surface area contributed by atoms with Crippen molar-refractivity contribution in [1.29, 1.82) is 0 Å². The summed E-state index contributed by atoms with van der Waals surface area (Å²) in [5.41, 5.74) is -2.06. The van der Waals surface area contributed by atoms with Gasteiger partial charge in [-0.1, -0.05) is 0 Å². The van der Waals surface area contributed by atoms with Crippen molar-refractivity contribution in [2.75, 3.05) is 39.0 Å². The van der Waals surface area contributed by atoms with Crippen molar-refractivity contribution in [3.63, 3.8) is 0 Å². The molecule has 1 saturated carbocycles. The number of carbonyl (C=O) groups excluding carboxylic acids is 4. The number of phenolic OH excluding ortho intramolecular Hbond substituents is 1. The van der Waals surface area contributed by atoms with E-state index in [9.17, 15) is 39.6 Å². The number of aromatic hydroxyl groups is 1. The summed E-state index contributed by atoms with van der Waals surface area (Å²) in [7, 11) is 6.78. The van der Waals surface area contributed by atoms with E-state index in [1.54, 1.807) is 20.2 Å². The highest BCUT2D eigenvalue weighted by molar-refractivity contribution is 6.28. The van der Waals surface area contributed by atoms with Crippen molar-refractivity contribution in [3.05, 3.63) is 40.2 Å². The number of anilines is 1. The van der Waals surface area contributed by atoms with E-state index in [1.807, 2.05) is 19.0 Å². The van der Waals surface area contributed by atoms with Crippen LogP contribution in [0.5, 0.6) is 5.75 Å². The number of aliphatic hydroxyl groups excluding tert-OH is 2. The minimum atomic E-state index is -2.65. The maximum atomic E-state index is 14.0. The van der Waals surface area contributed by atoms with Crippen LogP contribution >= 0.6 is 11.6 Å². The normalized spacial score (nSPS) is 26.4. The molecule has 0 saturated heterocycles. The molecule has 4 N–H and O–H groups in total. The van der Waals surface area contributed by atoms with Gasteiger partial charge in [0.05, 0.1) is 17.5 Å². The molecule has 0 heterocycles. The molecule has 4 atom stereocenters. The predicted molar refractivity (Wildman–Crippen MR) is 144 cm³/mol. The van der Waals surface area contributed by atoms with Gasteiger partial charge in [-0.2, -0.15) is 0 Å². The van der Waals surface area contributed by atoms with Gasteiger partial charge >= 0.3 is 0 Å². The molecule has 210 valence electrons. The predicted octanol–water partition coefficient (Wildman–Crippen LogP) is 2.09. The van der Waals surface area contributed by atoms with Crippen LogP contribution in [0.3, 0.4) is 0 Å². The van der Waals surface area contributed by atoms with Crippen LogP contribution in [0.2, 0.25) is 0 Å². The van der Waals surface area contributed by atoms with Gasteiger partial charge in [0, 0.05) is 44.1 Å². The summed E-state index contributed by atoms with van der Waals surface area (Å²) in [5, 5.41) is 45.0. The number of hydrogen-bond acceptors (Lipinski definition) is 10. The van der Waals surface area contributed by atoms with Crippen LogP contribution in [0, 0.1) is 11.8 Å². The zero-order chi connectivity index (χ0) is 29.0. The Labute approximate surface area is 231 Å².